The van der Waals surface area contributed by atoms with Crippen LogP contribution in [0.5, 0.6) is 5.75 Å². The summed E-state index contributed by atoms with van der Waals surface area (Å²) in [7, 11) is 0. The average Bonchev–Trinajstić information content (AvgIpc) is 2.83. The molecule has 108 valence electrons. The third kappa shape index (κ3) is 2.10. The van der Waals surface area contributed by atoms with Crippen LogP contribution in [0, 0.1) is 0 Å². The van der Waals surface area contributed by atoms with Crippen molar-refractivity contribution in [3.05, 3.63) is 40.9 Å². The molecule has 1 saturated heterocycles. The second kappa shape index (κ2) is 4.11. The van der Waals surface area contributed by atoms with Crippen LogP contribution in [0.15, 0.2) is 44.2 Å². The van der Waals surface area contributed by atoms with E-state index in [2.05, 4.69) is 0 Å². The van der Waals surface area contributed by atoms with E-state index in [1.807, 2.05) is 26.0 Å². The number of ether oxygens (including phenoxy) is 2. The average molecular weight is 286 g/mol. The van der Waals surface area contributed by atoms with Crippen LogP contribution in [0.4, 0.5) is 0 Å². The molecule has 4 rings (SSSR count). The Labute approximate surface area is 120 Å². The lowest BCUT2D eigenvalue weighted by Crippen LogP contribution is -2.13. The second-order valence-electron chi connectivity index (χ2n) is 5.76. The lowest BCUT2D eigenvalue weighted by atomic mass is 10.1. The third-order valence-corrected chi connectivity index (χ3v) is 3.83. The fourth-order valence-electron chi connectivity index (χ4n) is 2.44. The van der Waals surface area contributed by atoms with E-state index in [-0.39, 0.29) is 11.7 Å². The lowest BCUT2D eigenvalue weighted by Gasteiger charge is -2.07. The summed E-state index contributed by atoms with van der Waals surface area (Å²) >= 11 is 0. The largest absolute Gasteiger partial charge is 0.490 e. The molecule has 0 spiro atoms. The van der Waals surface area contributed by atoms with Crippen LogP contribution in [-0.2, 0) is 4.74 Å². The fourth-order valence-corrected chi connectivity index (χ4v) is 2.44. The van der Waals surface area contributed by atoms with Gasteiger partial charge in [0.05, 0.1) is 23.3 Å². The monoisotopic (exact) mass is 286 g/mol. The van der Waals surface area contributed by atoms with Crippen LogP contribution in [0.1, 0.15) is 13.8 Å². The van der Waals surface area contributed by atoms with Crippen molar-refractivity contribution in [1.82, 2.24) is 0 Å². The molecular formula is C16H14O5. The zero-order valence-corrected chi connectivity index (χ0v) is 11.7. The Morgan fingerprint density at radius 1 is 1.24 bits per heavy atom. The maximum absolute atomic E-state index is 11.7. The zero-order valence-electron chi connectivity index (χ0n) is 11.7. The fraction of sp³-hybridized carbons (Fsp3) is 0.312. The van der Waals surface area contributed by atoms with Gasteiger partial charge in [-0.05, 0) is 26.0 Å². The molecule has 1 fully saturated rings. The third-order valence-electron chi connectivity index (χ3n) is 3.83. The van der Waals surface area contributed by atoms with Crippen LogP contribution >= 0.6 is 0 Å². The Morgan fingerprint density at radius 2 is 2.05 bits per heavy atom. The number of benzene rings is 1. The van der Waals surface area contributed by atoms with Crippen LogP contribution in [0.2, 0.25) is 0 Å². The molecule has 0 saturated carbocycles. The van der Waals surface area contributed by atoms with Crippen molar-refractivity contribution in [2.75, 3.05) is 6.61 Å². The molecule has 21 heavy (non-hydrogen) atoms. The topological polar surface area (TPSA) is 65.1 Å². The van der Waals surface area contributed by atoms with Gasteiger partial charge in [0.15, 0.2) is 0 Å². The number of rotatable bonds is 3. The van der Waals surface area contributed by atoms with Crippen molar-refractivity contribution in [2.45, 2.75) is 25.6 Å². The van der Waals surface area contributed by atoms with E-state index in [0.29, 0.717) is 23.5 Å². The van der Waals surface area contributed by atoms with Gasteiger partial charge in [-0.2, -0.15) is 0 Å². The van der Waals surface area contributed by atoms with E-state index in [0.717, 1.165) is 10.8 Å². The Hall–Kier alpha value is -2.27. The molecule has 0 N–H and O–H groups in total. The van der Waals surface area contributed by atoms with Crippen LogP contribution in [0.3, 0.4) is 0 Å². The van der Waals surface area contributed by atoms with Gasteiger partial charge in [0.1, 0.15) is 29.6 Å². The molecule has 2 aromatic heterocycles. The standard InChI is InChI=1S/C16H14O5/c1-16(2)14(21-16)8-19-12-7-15(17)20-13-6-11-9(3-4-18-11)5-10(12)13/h3-7,14H,8H2,1-2H3/t14-/m1/s1. The maximum atomic E-state index is 11.7. The SMILES string of the molecule is CC1(C)O[C@@H]1COc1cc(=O)oc2cc3occc3cc12. The summed E-state index contributed by atoms with van der Waals surface area (Å²) in [6.45, 7) is 4.43. The first kappa shape index (κ1) is 12.5. The second-order valence-corrected chi connectivity index (χ2v) is 5.76. The van der Waals surface area contributed by atoms with E-state index in [4.69, 9.17) is 18.3 Å². The highest BCUT2D eigenvalue weighted by molar-refractivity contribution is 5.95. The predicted molar refractivity (Wildman–Crippen MR) is 76.7 cm³/mol. The predicted octanol–water partition coefficient (Wildman–Crippen LogP) is 3.10. The summed E-state index contributed by atoms with van der Waals surface area (Å²) in [4.78, 5) is 11.7. The van der Waals surface area contributed by atoms with Crippen LogP contribution in [-0.4, -0.2) is 18.3 Å². The summed E-state index contributed by atoms with van der Waals surface area (Å²) < 4.78 is 21.8. The summed E-state index contributed by atoms with van der Waals surface area (Å²) in [6.07, 6.45) is 1.65. The van der Waals surface area contributed by atoms with E-state index in [1.54, 1.807) is 12.3 Å². The van der Waals surface area contributed by atoms with Crippen LogP contribution in [0.25, 0.3) is 21.9 Å². The quantitative estimate of drug-likeness (QED) is 0.547. The normalized spacial score (nSPS) is 20.0. The molecule has 3 heterocycles. The van der Waals surface area contributed by atoms with Gasteiger partial charge in [-0.15, -0.1) is 0 Å². The minimum absolute atomic E-state index is 0.0532. The molecule has 5 heteroatoms. The van der Waals surface area contributed by atoms with Gasteiger partial charge in [0.25, 0.3) is 0 Å². The highest BCUT2D eigenvalue weighted by atomic mass is 16.6. The Morgan fingerprint density at radius 3 is 2.81 bits per heavy atom. The van der Waals surface area contributed by atoms with Crippen molar-refractivity contribution < 1.29 is 18.3 Å². The van der Waals surface area contributed by atoms with Crippen molar-refractivity contribution >= 4 is 21.9 Å². The molecule has 3 aromatic rings. The number of fused-ring (bicyclic) bond motifs is 2. The number of hydrogen-bond donors (Lipinski definition) is 0. The molecule has 0 amide bonds. The van der Waals surface area contributed by atoms with Crippen molar-refractivity contribution in [3.8, 4) is 5.75 Å². The Balaban J connectivity index is 1.77. The van der Waals surface area contributed by atoms with Gasteiger partial charge in [0.2, 0.25) is 0 Å². The van der Waals surface area contributed by atoms with Gasteiger partial charge < -0.3 is 18.3 Å². The van der Waals surface area contributed by atoms with E-state index in [1.165, 1.54) is 6.07 Å². The smallest absolute Gasteiger partial charge is 0.339 e. The first-order valence-electron chi connectivity index (χ1n) is 6.79. The van der Waals surface area contributed by atoms with E-state index < -0.39 is 5.63 Å². The molecule has 1 aromatic carbocycles. The van der Waals surface area contributed by atoms with Crippen LogP contribution < -0.4 is 10.4 Å². The number of furan rings is 1. The van der Waals surface area contributed by atoms with Crippen molar-refractivity contribution in [2.24, 2.45) is 0 Å². The molecule has 0 aliphatic carbocycles. The minimum atomic E-state index is -0.445. The summed E-state index contributed by atoms with van der Waals surface area (Å²) in [5, 5.41) is 1.69. The van der Waals surface area contributed by atoms with Gasteiger partial charge >= 0.3 is 5.63 Å². The lowest BCUT2D eigenvalue weighted by molar-refractivity contribution is 0.255. The highest BCUT2D eigenvalue weighted by Crippen LogP contribution is 2.36. The molecule has 0 radical (unpaired) electrons. The van der Waals surface area contributed by atoms with E-state index >= 15 is 0 Å². The minimum Gasteiger partial charge on any atom is -0.490 e. The molecule has 5 nitrogen and oxygen atoms in total. The molecule has 1 aliphatic heterocycles. The maximum Gasteiger partial charge on any atom is 0.339 e. The number of epoxide rings is 1. The Kier molecular flexibility index (Phi) is 2.44. The highest BCUT2D eigenvalue weighted by Gasteiger charge is 2.48. The molecule has 0 bridgehead atoms. The van der Waals surface area contributed by atoms with Gasteiger partial charge in [-0.25, -0.2) is 4.79 Å². The van der Waals surface area contributed by atoms with Gasteiger partial charge in [-0.3, -0.25) is 0 Å². The summed E-state index contributed by atoms with van der Waals surface area (Å²) in [5.41, 5.74) is 0.539. The molecule has 1 atom stereocenters. The number of hydrogen-bond acceptors (Lipinski definition) is 5. The Bertz CT molecular complexity index is 886. The molecule has 0 unspecified atom stereocenters. The first-order valence-corrected chi connectivity index (χ1v) is 6.79. The van der Waals surface area contributed by atoms with Crippen molar-refractivity contribution in [1.29, 1.82) is 0 Å². The van der Waals surface area contributed by atoms with Gasteiger partial charge in [0, 0.05) is 11.5 Å². The van der Waals surface area contributed by atoms with E-state index in [9.17, 15) is 4.79 Å². The summed E-state index contributed by atoms with van der Waals surface area (Å²) in [5.74, 6) is 0.510. The first-order chi connectivity index (χ1) is 10.0. The molecular weight excluding hydrogens is 272 g/mol. The molecule has 1 aliphatic rings. The van der Waals surface area contributed by atoms with Gasteiger partial charge in [-0.1, -0.05) is 0 Å². The van der Waals surface area contributed by atoms with Crippen molar-refractivity contribution in [3.63, 3.8) is 0 Å². The summed E-state index contributed by atoms with van der Waals surface area (Å²) in [6, 6.07) is 6.82. The zero-order chi connectivity index (χ0) is 14.6.